The highest BCUT2D eigenvalue weighted by Gasteiger charge is 2.26. The standard InChI is InChI=1S/C11H12FNO2/c1-15-9-4-2-3-8(12)10(9)11(14)13-7-5-6-7/h2-4,7H,5-6H2,1H3,(H,13,14). The molecule has 0 radical (unpaired) electrons. The summed E-state index contributed by atoms with van der Waals surface area (Å²) in [6.07, 6.45) is 1.95. The molecule has 2 rings (SSSR count). The van der Waals surface area contributed by atoms with Crippen LogP contribution in [0, 0.1) is 5.82 Å². The average molecular weight is 209 g/mol. The number of carbonyl (C=O) groups excluding carboxylic acids is 1. The molecule has 15 heavy (non-hydrogen) atoms. The van der Waals surface area contributed by atoms with Crippen LogP contribution in [0.15, 0.2) is 18.2 Å². The van der Waals surface area contributed by atoms with Crippen molar-refractivity contribution >= 4 is 5.91 Å². The number of methoxy groups -OCH3 is 1. The molecule has 0 atom stereocenters. The molecule has 4 heteroatoms. The summed E-state index contributed by atoms with van der Waals surface area (Å²) in [5.74, 6) is -0.673. The van der Waals surface area contributed by atoms with E-state index in [2.05, 4.69) is 5.32 Å². The van der Waals surface area contributed by atoms with Gasteiger partial charge < -0.3 is 10.1 Å². The summed E-state index contributed by atoms with van der Waals surface area (Å²) in [6.45, 7) is 0. The maximum Gasteiger partial charge on any atom is 0.258 e. The van der Waals surface area contributed by atoms with E-state index in [1.807, 2.05) is 0 Å². The van der Waals surface area contributed by atoms with Crippen molar-refractivity contribution in [1.29, 1.82) is 0 Å². The first kappa shape index (κ1) is 9.96. The molecule has 0 aromatic heterocycles. The van der Waals surface area contributed by atoms with Crippen LogP contribution in [0.1, 0.15) is 23.2 Å². The van der Waals surface area contributed by atoms with Gasteiger partial charge in [0, 0.05) is 6.04 Å². The number of nitrogens with one attached hydrogen (secondary N) is 1. The van der Waals surface area contributed by atoms with Crippen molar-refractivity contribution in [1.82, 2.24) is 5.32 Å². The van der Waals surface area contributed by atoms with Gasteiger partial charge in [-0.2, -0.15) is 0 Å². The Bertz CT molecular complexity index is 388. The lowest BCUT2D eigenvalue weighted by molar-refractivity contribution is 0.0943. The molecule has 0 spiro atoms. The molecular formula is C11H12FNO2. The van der Waals surface area contributed by atoms with Gasteiger partial charge in [0.05, 0.1) is 7.11 Å². The van der Waals surface area contributed by atoms with Gasteiger partial charge in [-0.05, 0) is 25.0 Å². The quantitative estimate of drug-likeness (QED) is 0.823. The van der Waals surface area contributed by atoms with Crippen molar-refractivity contribution in [3.63, 3.8) is 0 Å². The smallest absolute Gasteiger partial charge is 0.258 e. The summed E-state index contributed by atoms with van der Waals surface area (Å²) < 4.78 is 18.4. The lowest BCUT2D eigenvalue weighted by atomic mass is 10.1. The Kier molecular flexibility index (Phi) is 2.58. The molecule has 0 aliphatic heterocycles. The first-order valence-electron chi connectivity index (χ1n) is 4.85. The van der Waals surface area contributed by atoms with E-state index in [1.165, 1.54) is 19.2 Å². The average Bonchev–Trinajstić information content (AvgIpc) is 3.00. The number of halogens is 1. The number of carbonyl (C=O) groups is 1. The fraction of sp³-hybridized carbons (Fsp3) is 0.364. The largest absolute Gasteiger partial charge is 0.496 e. The fourth-order valence-electron chi connectivity index (χ4n) is 1.38. The lowest BCUT2D eigenvalue weighted by Crippen LogP contribution is -2.26. The van der Waals surface area contributed by atoms with Crippen molar-refractivity contribution in [2.75, 3.05) is 7.11 Å². The fourth-order valence-corrected chi connectivity index (χ4v) is 1.38. The maximum absolute atomic E-state index is 13.4. The zero-order valence-corrected chi connectivity index (χ0v) is 8.42. The maximum atomic E-state index is 13.4. The first-order chi connectivity index (χ1) is 7.22. The van der Waals surface area contributed by atoms with Crippen LogP contribution in [-0.4, -0.2) is 19.1 Å². The summed E-state index contributed by atoms with van der Waals surface area (Å²) >= 11 is 0. The number of benzene rings is 1. The molecule has 1 amide bonds. The zero-order valence-electron chi connectivity index (χ0n) is 8.42. The van der Waals surface area contributed by atoms with Crippen molar-refractivity contribution in [2.24, 2.45) is 0 Å². The van der Waals surface area contributed by atoms with Gasteiger partial charge in [0.2, 0.25) is 0 Å². The molecular weight excluding hydrogens is 197 g/mol. The van der Waals surface area contributed by atoms with Crippen LogP contribution in [0.2, 0.25) is 0 Å². The van der Waals surface area contributed by atoms with Crippen molar-refractivity contribution in [3.8, 4) is 5.75 Å². The van der Waals surface area contributed by atoms with E-state index >= 15 is 0 Å². The van der Waals surface area contributed by atoms with Gasteiger partial charge in [0.15, 0.2) is 0 Å². The minimum atomic E-state index is -0.549. The Balaban J connectivity index is 2.27. The van der Waals surface area contributed by atoms with Gasteiger partial charge in [-0.1, -0.05) is 6.07 Å². The Labute approximate surface area is 87.2 Å². The minimum Gasteiger partial charge on any atom is -0.496 e. The van der Waals surface area contributed by atoms with E-state index in [1.54, 1.807) is 6.07 Å². The first-order valence-corrected chi connectivity index (χ1v) is 4.85. The molecule has 3 nitrogen and oxygen atoms in total. The van der Waals surface area contributed by atoms with Crippen molar-refractivity contribution in [2.45, 2.75) is 18.9 Å². The highest BCUT2D eigenvalue weighted by Crippen LogP contribution is 2.24. The third kappa shape index (κ3) is 2.09. The second-order valence-electron chi connectivity index (χ2n) is 3.56. The number of hydrogen-bond acceptors (Lipinski definition) is 2. The number of hydrogen-bond donors (Lipinski definition) is 1. The van der Waals surface area contributed by atoms with Crippen LogP contribution in [0.25, 0.3) is 0 Å². The van der Waals surface area contributed by atoms with Gasteiger partial charge in [0.25, 0.3) is 5.91 Å². The Morgan fingerprint density at radius 3 is 2.87 bits per heavy atom. The SMILES string of the molecule is COc1cccc(F)c1C(=O)NC1CC1. The molecule has 1 aromatic carbocycles. The summed E-state index contributed by atoms with van der Waals surface area (Å²) in [5.41, 5.74) is -0.00750. The third-order valence-electron chi connectivity index (χ3n) is 2.33. The summed E-state index contributed by atoms with van der Waals surface area (Å²) in [5, 5.41) is 2.73. The molecule has 1 fully saturated rings. The van der Waals surface area contributed by atoms with Crippen LogP contribution in [0.3, 0.4) is 0 Å². The van der Waals surface area contributed by atoms with Crippen molar-refractivity contribution < 1.29 is 13.9 Å². The minimum absolute atomic E-state index is 0.00750. The second-order valence-corrected chi connectivity index (χ2v) is 3.56. The Hall–Kier alpha value is -1.58. The normalized spacial score (nSPS) is 14.8. The van der Waals surface area contributed by atoms with E-state index < -0.39 is 11.7 Å². The molecule has 0 saturated heterocycles. The predicted octanol–water partition coefficient (Wildman–Crippen LogP) is 1.73. The number of ether oxygens (including phenoxy) is 1. The molecule has 0 bridgehead atoms. The molecule has 1 saturated carbocycles. The van der Waals surface area contributed by atoms with E-state index in [4.69, 9.17) is 4.74 Å². The third-order valence-corrected chi connectivity index (χ3v) is 2.33. The Morgan fingerprint density at radius 1 is 1.53 bits per heavy atom. The molecule has 0 unspecified atom stereocenters. The predicted molar refractivity (Wildman–Crippen MR) is 53.4 cm³/mol. The van der Waals surface area contributed by atoms with E-state index in [-0.39, 0.29) is 17.4 Å². The van der Waals surface area contributed by atoms with Crippen LogP contribution in [0.5, 0.6) is 5.75 Å². The summed E-state index contributed by atoms with van der Waals surface area (Å²) in [7, 11) is 1.42. The highest BCUT2D eigenvalue weighted by atomic mass is 19.1. The number of rotatable bonds is 3. The molecule has 1 aliphatic rings. The molecule has 1 N–H and O–H groups in total. The van der Waals surface area contributed by atoms with Gasteiger partial charge in [-0.15, -0.1) is 0 Å². The summed E-state index contributed by atoms with van der Waals surface area (Å²) in [4.78, 5) is 11.7. The van der Waals surface area contributed by atoms with Crippen molar-refractivity contribution in [3.05, 3.63) is 29.6 Å². The molecule has 0 heterocycles. The summed E-state index contributed by atoms with van der Waals surface area (Å²) in [6, 6.07) is 4.55. The topological polar surface area (TPSA) is 38.3 Å². The van der Waals surface area contributed by atoms with Crippen LogP contribution in [0.4, 0.5) is 4.39 Å². The number of amides is 1. The van der Waals surface area contributed by atoms with Crippen LogP contribution < -0.4 is 10.1 Å². The van der Waals surface area contributed by atoms with Gasteiger partial charge >= 0.3 is 0 Å². The van der Waals surface area contributed by atoms with Gasteiger partial charge in [-0.3, -0.25) is 4.79 Å². The second kappa shape index (κ2) is 3.88. The zero-order chi connectivity index (χ0) is 10.8. The van der Waals surface area contributed by atoms with E-state index in [0.29, 0.717) is 0 Å². The van der Waals surface area contributed by atoms with E-state index in [9.17, 15) is 9.18 Å². The van der Waals surface area contributed by atoms with E-state index in [0.717, 1.165) is 12.8 Å². The highest BCUT2D eigenvalue weighted by molar-refractivity contribution is 5.97. The molecule has 1 aromatic rings. The molecule has 80 valence electrons. The van der Waals surface area contributed by atoms with Gasteiger partial charge in [0.1, 0.15) is 17.1 Å². The monoisotopic (exact) mass is 209 g/mol. The van der Waals surface area contributed by atoms with Crippen LogP contribution >= 0.6 is 0 Å². The molecule has 1 aliphatic carbocycles. The Morgan fingerprint density at radius 2 is 2.27 bits per heavy atom. The van der Waals surface area contributed by atoms with Crippen LogP contribution in [-0.2, 0) is 0 Å². The lowest BCUT2D eigenvalue weighted by Gasteiger charge is -2.09. The van der Waals surface area contributed by atoms with Gasteiger partial charge in [-0.25, -0.2) is 4.39 Å².